The highest BCUT2D eigenvalue weighted by Gasteiger charge is 2.15. The summed E-state index contributed by atoms with van der Waals surface area (Å²) in [5.74, 6) is 0. The Morgan fingerprint density at radius 1 is 1.22 bits per heavy atom. The molecule has 0 spiro atoms. The third-order valence-corrected chi connectivity index (χ3v) is 3.59. The Kier molecular flexibility index (Phi) is 5.83. The van der Waals surface area contributed by atoms with Gasteiger partial charge in [0.15, 0.2) is 0 Å². The van der Waals surface area contributed by atoms with Gasteiger partial charge in [0.25, 0.3) is 0 Å². The molecule has 0 saturated carbocycles. The lowest BCUT2D eigenvalue weighted by molar-refractivity contribution is 0.256. The molecule has 0 aliphatic rings. The van der Waals surface area contributed by atoms with Gasteiger partial charge in [-0.25, -0.2) is 0 Å². The molecule has 2 heteroatoms. The lowest BCUT2D eigenvalue weighted by Gasteiger charge is -2.26. The highest BCUT2D eigenvalue weighted by Crippen LogP contribution is 2.18. The van der Waals surface area contributed by atoms with Crippen LogP contribution in [0.4, 0.5) is 0 Å². The summed E-state index contributed by atoms with van der Waals surface area (Å²) in [6, 6.07) is 8.78. The number of likely N-dealkylation sites (N-methyl/N-ethyl adjacent to an activating group) is 1. The lowest BCUT2D eigenvalue weighted by atomic mass is 9.89. The Morgan fingerprint density at radius 2 is 1.94 bits per heavy atom. The Hall–Kier alpha value is -0.860. The standard InChI is InChI=1S/C16H28N2/c1-14-6-5-7-15(12-14)8-10-18(4)11-9-16(2,3)13-17/h5-7,12H,8-11,13,17H2,1-4H3. The van der Waals surface area contributed by atoms with Crippen LogP contribution in [0.5, 0.6) is 0 Å². The topological polar surface area (TPSA) is 29.3 Å². The second-order valence-electron chi connectivity index (χ2n) is 6.16. The van der Waals surface area contributed by atoms with Crippen LogP contribution in [-0.4, -0.2) is 31.6 Å². The first-order valence-electron chi connectivity index (χ1n) is 6.87. The first-order chi connectivity index (χ1) is 8.43. The molecule has 0 heterocycles. The minimum absolute atomic E-state index is 0.262. The number of nitrogens with zero attached hydrogens (tertiary/aromatic N) is 1. The summed E-state index contributed by atoms with van der Waals surface area (Å²) >= 11 is 0. The molecule has 0 aromatic heterocycles. The van der Waals surface area contributed by atoms with Gasteiger partial charge >= 0.3 is 0 Å². The molecule has 2 nitrogen and oxygen atoms in total. The minimum atomic E-state index is 0.262. The number of benzene rings is 1. The molecule has 0 radical (unpaired) electrons. The molecule has 102 valence electrons. The quantitative estimate of drug-likeness (QED) is 0.804. The third-order valence-electron chi connectivity index (χ3n) is 3.59. The Morgan fingerprint density at radius 3 is 2.56 bits per heavy atom. The van der Waals surface area contributed by atoms with Crippen molar-refractivity contribution in [2.75, 3.05) is 26.7 Å². The van der Waals surface area contributed by atoms with Crippen molar-refractivity contribution < 1.29 is 0 Å². The monoisotopic (exact) mass is 248 g/mol. The maximum atomic E-state index is 5.76. The highest BCUT2D eigenvalue weighted by molar-refractivity contribution is 5.22. The molecule has 0 unspecified atom stereocenters. The molecule has 1 aromatic carbocycles. The fourth-order valence-corrected chi connectivity index (χ4v) is 1.90. The first-order valence-corrected chi connectivity index (χ1v) is 6.87. The smallest absolute Gasteiger partial charge is 0.00188 e. The molecule has 0 bridgehead atoms. The van der Waals surface area contributed by atoms with E-state index in [0.717, 1.165) is 32.5 Å². The maximum absolute atomic E-state index is 5.76. The Labute approximate surface area is 112 Å². The van der Waals surface area contributed by atoms with Gasteiger partial charge in [0.05, 0.1) is 0 Å². The van der Waals surface area contributed by atoms with Crippen LogP contribution in [0, 0.1) is 12.3 Å². The summed E-state index contributed by atoms with van der Waals surface area (Å²) < 4.78 is 0. The van der Waals surface area contributed by atoms with Gasteiger partial charge in [-0.3, -0.25) is 0 Å². The van der Waals surface area contributed by atoms with E-state index in [2.05, 4.69) is 57.0 Å². The van der Waals surface area contributed by atoms with Crippen LogP contribution in [0.15, 0.2) is 24.3 Å². The van der Waals surface area contributed by atoms with Crippen LogP contribution in [0.2, 0.25) is 0 Å². The normalized spacial score (nSPS) is 12.1. The van der Waals surface area contributed by atoms with Crippen molar-refractivity contribution in [3.63, 3.8) is 0 Å². The minimum Gasteiger partial charge on any atom is -0.330 e. The Bertz CT molecular complexity index is 358. The van der Waals surface area contributed by atoms with E-state index in [4.69, 9.17) is 5.73 Å². The van der Waals surface area contributed by atoms with E-state index in [1.54, 1.807) is 0 Å². The molecule has 0 atom stereocenters. The van der Waals surface area contributed by atoms with Gasteiger partial charge in [-0.05, 0) is 50.9 Å². The van der Waals surface area contributed by atoms with Crippen LogP contribution in [0.3, 0.4) is 0 Å². The molecule has 0 aliphatic carbocycles. The predicted molar refractivity (Wildman–Crippen MR) is 79.8 cm³/mol. The van der Waals surface area contributed by atoms with Gasteiger partial charge in [-0.2, -0.15) is 0 Å². The summed E-state index contributed by atoms with van der Waals surface area (Å²) in [4.78, 5) is 2.40. The molecule has 1 rings (SSSR count). The average Bonchev–Trinajstić information content (AvgIpc) is 2.34. The van der Waals surface area contributed by atoms with Crippen molar-refractivity contribution in [2.45, 2.75) is 33.6 Å². The second kappa shape index (κ2) is 6.91. The fourth-order valence-electron chi connectivity index (χ4n) is 1.90. The van der Waals surface area contributed by atoms with E-state index >= 15 is 0 Å². The van der Waals surface area contributed by atoms with Crippen LogP contribution in [-0.2, 0) is 6.42 Å². The number of nitrogens with two attached hydrogens (primary N) is 1. The van der Waals surface area contributed by atoms with Crippen molar-refractivity contribution in [2.24, 2.45) is 11.1 Å². The zero-order chi connectivity index (χ0) is 13.6. The SMILES string of the molecule is Cc1cccc(CCN(C)CCC(C)(C)CN)c1. The largest absolute Gasteiger partial charge is 0.330 e. The van der Waals surface area contributed by atoms with E-state index in [1.807, 2.05) is 0 Å². The molecular formula is C16H28N2. The number of hydrogen-bond donors (Lipinski definition) is 1. The molecular weight excluding hydrogens is 220 g/mol. The van der Waals surface area contributed by atoms with E-state index in [1.165, 1.54) is 11.1 Å². The van der Waals surface area contributed by atoms with Crippen molar-refractivity contribution in [1.29, 1.82) is 0 Å². The molecule has 1 aromatic rings. The van der Waals surface area contributed by atoms with Crippen LogP contribution < -0.4 is 5.73 Å². The third kappa shape index (κ3) is 5.65. The van der Waals surface area contributed by atoms with Crippen LogP contribution >= 0.6 is 0 Å². The number of rotatable bonds is 7. The molecule has 18 heavy (non-hydrogen) atoms. The molecule has 0 amide bonds. The number of aryl methyl sites for hydroxylation is 1. The van der Waals surface area contributed by atoms with Gasteiger partial charge in [-0.15, -0.1) is 0 Å². The zero-order valence-electron chi connectivity index (χ0n) is 12.4. The van der Waals surface area contributed by atoms with Crippen LogP contribution in [0.1, 0.15) is 31.4 Å². The van der Waals surface area contributed by atoms with Gasteiger partial charge in [0, 0.05) is 6.54 Å². The van der Waals surface area contributed by atoms with Crippen molar-refractivity contribution in [1.82, 2.24) is 4.90 Å². The summed E-state index contributed by atoms with van der Waals surface area (Å²) in [6.45, 7) is 9.62. The summed E-state index contributed by atoms with van der Waals surface area (Å²) in [5.41, 5.74) is 8.79. The zero-order valence-corrected chi connectivity index (χ0v) is 12.4. The first kappa shape index (κ1) is 15.2. The van der Waals surface area contributed by atoms with E-state index < -0.39 is 0 Å². The summed E-state index contributed by atoms with van der Waals surface area (Å²) in [6.07, 6.45) is 2.29. The van der Waals surface area contributed by atoms with Gasteiger partial charge in [0.2, 0.25) is 0 Å². The molecule has 2 N–H and O–H groups in total. The predicted octanol–water partition coefficient (Wildman–Crippen LogP) is 2.84. The fraction of sp³-hybridized carbons (Fsp3) is 0.625. The van der Waals surface area contributed by atoms with E-state index in [9.17, 15) is 0 Å². The second-order valence-corrected chi connectivity index (χ2v) is 6.16. The van der Waals surface area contributed by atoms with E-state index in [0.29, 0.717) is 0 Å². The van der Waals surface area contributed by atoms with Crippen molar-refractivity contribution in [3.8, 4) is 0 Å². The Balaban J connectivity index is 2.31. The lowest BCUT2D eigenvalue weighted by Crippen LogP contribution is -2.30. The summed E-state index contributed by atoms with van der Waals surface area (Å²) in [5, 5.41) is 0. The van der Waals surface area contributed by atoms with Gasteiger partial charge in [0.1, 0.15) is 0 Å². The van der Waals surface area contributed by atoms with Gasteiger partial charge in [-0.1, -0.05) is 43.7 Å². The van der Waals surface area contributed by atoms with E-state index in [-0.39, 0.29) is 5.41 Å². The van der Waals surface area contributed by atoms with Gasteiger partial charge < -0.3 is 10.6 Å². The molecule has 0 saturated heterocycles. The van der Waals surface area contributed by atoms with Crippen molar-refractivity contribution in [3.05, 3.63) is 35.4 Å². The molecule has 0 fully saturated rings. The summed E-state index contributed by atoms with van der Waals surface area (Å²) in [7, 11) is 2.20. The molecule has 0 aliphatic heterocycles. The highest BCUT2D eigenvalue weighted by atomic mass is 15.1. The van der Waals surface area contributed by atoms with Crippen molar-refractivity contribution >= 4 is 0 Å². The number of hydrogen-bond acceptors (Lipinski definition) is 2. The average molecular weight is 248 g/mol. The maximum Gasteiger partial charge on any atom is 0.00188 e. The van der Waals surface area contributed by atoms with Crippen LogP contribution in [0.25, 0.3) is 0 Å².